The van der Waals surface area contributed by atoms with Crippen LogP contribution >= 0.6 is 0 Å². The van der Waals surface area contributed by atoms with Crippen LogP contribution < -0.4 is 5.73 Å². The van der Waals surface area contributed by atoms with Gasteiger partial charge in [-0.1, -0.05) is 12.1 Å². The fourth-order valence-electron chi connectivity index (χ4n) is 2.19. The second-order valence-electron chi connectivity index (χ2n) is 3.95. The fraction of sp³-hybridized carbons (Fsp3) is 0.167. The maximum Gasteiger partial charge on any atom is 0.119 e. The molecule has 2 N–H and O–H groups in total. The third kappa shape index (κ3) is 0.897. The van der Waals surface area contributed by atoms with Gasteiger partial charge in [0.1, 0.15) is 11.5 Å². The lowest BCUT2D eigenvalue weighted by Crippen LogP contribution is -1.92. The summed E-state index contributed by atoms with van der Waals surface area (Å²) in [4.78, 5) is 0. The predicted molar refractivity (Wildman–Crippen MR) is 63.0 cm³/mol. The topological polar surface area (TPSA) is 35.4 Å². The zero-order valence-electron chi connectivity index (χ0n) is 8.86. The highest BCUT2D eigenvalue weighted by molar-refractivity contribution is 5.84. The van der Waals surface area contributed by atoms with Crippen molar-refractivity contribution in [3.8, 4) is 0 Å². The Morgan fingerprint density at radius 1 is 1.13 bits per heavy atom. The molecule has 0 radical (unpaired) electrons. The first kappa shape index (κ1) is 8.41. The number of nitrogen functional groups attached to an aromatic ring is 1. The summed E-state index contributed by atoms with van der Waals surface area (Å²) in [5.74, 6) is 0.835. The van der Waals surface area contributed by atoms with Crippen LogP contribution in [0.4, 0.5) is 5.82 Å². The number of anilines is 1. The Morgan fingerprint density at radius 2 is 1.80 bits per heavy atom. The molecule has 3 rings (SSSR count). The third-order valence-electron chi connectivity index (χ3n) is 3.05. The number of nitrogens with two attached hydrogens (primary N) is 1. The van der Waals surface area contributed by atoms with Crippen LogP contribution in [-0.2, 0) is 7.05 Å². The zero-order chi connectivity index (χ0) is 10.6. The van der Waals surface area contributed by atoms with Gasteiger partial charge in [-0.15, -0.1) is 0 Å². The van der Waals surface area contributed by atoms with Crippen LogP contribution in [-0.4, -0.2) is 8.97 Å². The molecule has 0 atom stereocenters. The summed E-state index contributed by atoms with van der Waals surface area (Å²) in [6, 6.07) is 10.4. The number of para-hydroxylation sites is 2. The van der Waals surface area contributed by atoms with Crippen molar-refractivity contribution in [3.63, 3.8) is 0 Å². The lowest BCUT2D eigenvalue weighted by molar-refractivity contribution is 0.995. The van der Waals surface area contributed by atoms with E-state index in [1.54, 1.807) is 0 Å². The smallest absolute Gasteiger partial charge is 0.119 e. The summed E-state index contributed by atoms with van der Waals surface area (Å²) in [6.45, 7) is 2.04. The van der Waals surface area contributed by atoms with Crippen molar-refractivity contribution >= 4 is 22.5 Å². The number of fused-ring (bicyclic) bond motifs is 3. The second kappa shape index (κ2) is 2.57. The van der Waals surface area contributed by atoms with Gasteiger partial charge in [-0.2, -0.15) is 0 Å². The highest BCUT2D eigenvalue weighted by Crippen LogP contribution is 2.26. The molecule has 3 aromatic rings. The summed E-state index contributed by atoms with van der Waals surface area (Å²) in [5.41, 5.74) is 10.7. The molecule has 1 aromatic carbocycles. The number of imidazole rings is 1. The van der Waals surface area contributed by atoms with E-state index in [-0.39, 0.29) is 0 Å². The van der Waals surface area contributed by atoms with E-state index in [0.29, 0.717) is 0 Å². The molecule has 0 unspecified atom stereocenters. The molecular weight excluding hydrogens is 186 g/mol. The maximum atomic E-state index is 6.07. The van der Waals surface area contributed by atoms with Crippen molar-refractivity contribution in [2.75, 3.05) is 5.73 Å². The van der Waals surface area contributed by atoms with Crippen molar-refractivity contribution in [2.45, 2.75) is 6.92 Å². The lowest BCUT2D eigenvalue weighted by atomic mass is 10.3. The van der Waals surface area contributed by atoms with Gasteiger partial charge in [-0.25, -0.2) is 0 Å². The normalized spacial score (nSPS) is 11.6. The molecule has 0 spiro atoms. The molecule has 0 aliphatic carbocycles. The average molecular weight is 199 g/mol. The Balaban J connectivity index is 2.68. The first-order chi connectivity index (χ1) is 7.20. The molecule has 3 nitrogen and oxygen atoms in total. The Hall–Kier alpha value is -1.90. The third-order valence-corrected chi connectivity index (χ3v) is 3.05. The molecule has 76 valence electrons. The number of hydrogen-bond acceptors (Lipinski definition) is 1. The van der Waals surface area contributed by atoms with Crippen LogP contribution in [0.2, 0.25) is 0 Å². The first-order valence-electron chi connectivity index (χ1n) is 5.01. The van der Waals surface area contributed by atoms with Crippen molar-refractivity contribution in [2.24, 2.45) is 7.05 Å². The SMILES string of the molecule is Cc1cc2n(C)c3ccccc3n2c1N. The minimum Gasteiger partial charge on any atom is -0.385 e. The molecular formula is C12H13N3. The Labute approximate surface area is 87.7 Å². The average Bonchev–Trinajstić information content (AvgIpc) is 2.68. The van der Waals surface area contributed by atoms with Crippen LogP contribution in [0.1, 0.15) is 5.56 Å². The van der Waals surface area contributed by atoms with Crippen LogP contribution in [0.15, 0.2) is 30.3 Å². The highest BCUT2D eigenvalue weighted by Gasteiger charge is 2.11. The number of hydrogen-bond donors (Lipinski definition) is 1. The van der Waals surface area contributed by atoms with E-state index in [0.717, 1.165) is 17.0 Å². The minimum atomic E-state index is 0.835. The highest BCUT2D eigenvalue weighted by atomic mass is 15.1. The van der Waals surface area contributed by atoms with Gasteiger partial charge >= 0.3 is 0 Å². The van der Waals surface area contributed by atoms with E-state index in [9.17, 15) is 0 Å². The van der Waals surface area contributed by atoms with Gasteiger partial charge in [0.25, 0.3) is 0 Å². The molecule has 2 aromatic heterocycles. The van der Waals surface area contributed by atoms with Gasteiger partial charge in [0.2, 0.25) is 0 Å². The summed E-state index contributed by atoms with van der Waals surface area (Å²) < 4.78 is 4.27. The van der Waals surface area contributed by atoms with E-state index < -0.39 is 0 Å². The van der Waals surface area contributed by atoms with Crippen molar-refractivity contribution in [1.29, 1.82) is 0 Å². The standard InChI is InChI=1S/C12H13N3/c1-8-7-11-14(2)9-5-3-4-6-10(9)15(11)12(8)13/h3-7H,13H2,1-2H3. The van der Waals surface area contributed by atoms with E-state index in [1.807, 2.05) is 19.1 Å². The van der Waals surface area contributed by atoms with E-state index in [4.69, 9.17) is 5.73 Å². The molecule has 3 heteroatoms. The number of rotatable bonds is 0. The minimum absolute atomic E-state index is 0.835. The van der Waals surface area contributed by atoms with Gasteiger partial charge in [-0.05, 0) is 30.7 Å². The van der Waals surface area contributed by atoms with Crippen molar-refractivity contribution < 1.29 is 0 Å². The predicted octanol–water partition coefficient (Wildman–Crippen LogP) is 2.32. The van der Waals surface area contributed by atoms with Crippen molar-refractivity contribution in [3.05, 3.63) is 35.9 Å². The van der Waals surface area contributed by atoms with Gasteiger partial charge in [0.15, 0.2) is 0 Å². The van der Waals surface area contributed by atoms with E-state index in [2.05, 4.69) is 34.2 Å². The summed E-state index contributed by atoms with van der Waals surface area (Å²) in [6.07, 6.45) is 0. The monoisotopic (exact) mass is 199 g/mol. The number of aromatic nitrogens is 2. The maximum absolute atomic E-state index is 6.07. The number of aryl methyl sites for hydroxylation is 2. The van der Waals surface area contributed by atoms with Crippen LogP contribution in [0.5, 0.6) is 0 Å². The summed E-state index contributed by atoms with van der Waals surface area (Å²) in [5, 5.41) is 0. The number of nitrogens with zero attached hydrogens (tertiary/aromatic N) is 2. The summed E-state index contributed by atoms with van der Waals surface area (Å²) in [7, 11) is 2.07. The molecule has 2 heterocycles. The quantitative estimate of drug-likeness (QED) is 0.592. The van der Waals surface area contributed by atoms with Gasteiger partial charge in [0, 0.05) is 7.05 Å². The molecule has 0 saturated carbocycles. The fourth-order valence-corrected chi connectivity index (χ4v) is 2.19. The van der Waals surface area contributed by atoms with E-state index >= 15 is 0 Å². The zero-order valence-corrected chi connectivity index (χ0v) is 8.86. The molecule has 0 aliphatic rings. The first-order valence-corrected chi connectivity index (χ1v) is 5.01. The van der Waals surface area contributed by atoms with Gasteiger partial charge < -0.3 is 10.3 Å². The molecule has 0 amide bonds. The second-order valence-corrected chi connectivity index (χ2v) is 3.95. The molecule has 0 fully saturated rings. The molecule has 0 bridgehead atoms. The summed E-state index contributed by atoms with van der Waals surface area (Å²) >= 11 is 0. The van der Waals surface area contributed by atoms with Gasteiger partial charge in [0.05, 0.1) is 11.0 Å². The number of benzene rings is 1. The Bertz CT molecular complexity index is 658. The Kier molecular flexibility index (Phi) is 1.44. The van der Waals surface area contributed by atoms with Crippen LogP contribution in [0.3, 0.4) is 0 Å². The van der Waals surface area contributed by atoms with E-state index in [1.165, 1.54) is 11.0 Å². The molecule has 0 aliphatic heterocycles. The van der Waals surface area contributed by atoms with Crippen LogP contribution in [0, 0.1) is 6.92 Å². The molecule has 15 heavy (non-hydrogen) atoms. The Morgan fingerprint density at radius 3 is 2.53 bits per heavy atom. The van der Waals surface area contributed by atoms with Crippen molar-refractivity contribution in [1.82, 2.24) is 8.97 Å². The lowest BCUT2D eigenvalue weighted by Gasteiger charge is -1.95. The molecule has 0 saturated heterocycles. The van der Waals surface area contributed by atoms with Gasteiger partial charge in [-0.3, -0.25) is 4.40 Å². The largest absolute Gasteiger partial charge is 0.385 e. The van der Waals surface area contributed by atoms with Crippen LogP contribution in [0.25, 0.3) is 16.7 Å².